The van der Waals surface area contributed by atoms with Crippen molar-refractivity contribution in [1.82, 2.24) is 10.2 Å². The van der Waals surface area contributed by atoms with Crippen molar-refractivity contribution < 1.29 is 24.6 Å². The van der Waals surface area contributed by atoms with Crippen molar-refractivity contribution in [2.24, 2.45) is 0 Å². The second-order valence-electron chi connectivity index (χ2n) is 10.1. The van der Waals surface area contributed by atoms with Crippen LogP contribution in [0.3, 0.4) is 0 Å². The van der Waals surface area contributed by atoms with Gasteiger partial charge >= 0.3 is 5.97 Å². The largest absolute Gasteiger partial charge is 0.478 e. The molecular formula is C31H32N4O5. The van der Waals surface area contributed by atoms with Crippen LogP contribution in [0, 0.1) is 6.92 Å². The Kier molecular flexibility index (Phi) is 7.95. The zero-order chi connectivity index (χ0) is 28.2. The van der Waals surface area contributed by atoms with E-state index in [0.717, 1.165) is 38.0 Å². The van der Waals surface area contributed by atoms with Crippen LogP contribution in [0.15, 0.2) is 66.7 Å². The van der Waals surface area contributed by atoms with Crippen LogP contribution >= 0.6 is 0 Å². The van der Waals surface area contributed by atoms with Crippen LogP contribution in [0.5, 0.6) is 0 Å². The minimum Gasteiger partial charge on any atom is -0.478 e. The lowest BCUT2D eigenvalue weighted by atomic mass is 9.96. The van der Waals surface area contributed by atoms with E-state index in [0.29, 0.717) is 45.9 Å². The Bertz CT molecular complexity index is 1460. The molecule has 5 rings (SSSR count). The first-order valence-corrected chi connectivity index (χ1v) is 13.3. The monoisotopic (exact) mass is 540 g/mol. The van der Waals surface area contributed by atoms with Crippen LogP contribution in [0.1, 0.15) is 50.2 Å². The predicted molar refractivity (Wildman–Crippen MR) is 154 cm³/mol. The molecule has 2 aliphatic heterocycles. The average molecular weight is 541 g/mol. The minimum atomic E-state index is -1.05. The number of aromatic carboxylic acids is 1. The van der Waals surface area contributed by atoms with E-state index < -0.39 is 5.97 Å². The number of carboxylic acids is 1. The molecule has 5 N–H and O–H groups in total. The zero-order valence-electron chi connectivity index (χ0n) is 22.2. The molecule has 0 aliphatic carbocycles. The highest BCUT2D eigenvalue weighted by molar-refractivity contribution is 6.37. The zero-order valence-corrected chi connectivity index (χ0v) is 22.2. The van der Waals surface area contributed by atoms with Crippen LogP contribution in [-0.2, 0) is 4.79 Å². The van der Waals surface area contributed by atoms with Gasteiger partial charge in [0, 0.05) is 43.0 Å². The maximum atomic E-state index is 13.2. The lowest BCUT2D eigenvalue weighted by Gasteiger charge is -2.29. The summed E-state index contributed by atoms with van der Waals surface area (Å²) >= 11 is 0. The number of benzene rings is 3. The number of hydrogen-bond donors (Lipinski definition) is 5. The number of aliphatic hydroxyl groups excluding tert-OH is 1. The van der Waals surface area contributed by atoms with Gasteiger partial charge in [0.15, 0.2) is 0 Å². The summed E-state index contributed by atoms with van der Waals surface area (Å²) in [5, 5.41) is 28.3. The van der Waals surface area contributed by atoms with Gasteiger partial charge < -0.3 is 31.1 Å². The first kappa shape index (κ1) is 27.1. The smallest absolute Gasteiger partial charge is 0.336 e. The van der Waals surface area contributed by atoms with E-state index in [4.69, 9.17) is 0 Å². The second-order valence-corrected chi connectivity index (χ2v) is 10.1. The van der Waals surface area contributed by atoms with Crippen molar-refractivity contribution in [3.63, 3.8) is 0 Å². The number of anilines is 2. The van der Waals surface area contributed by atoms with Crippen LogP contribution in [0.25, 0.3) is 11.3 Å². The molecule has 0 saturated carbocycles. The number of aliphatic hydroxyl groups is 1. The number of carbonyl (C=O) groups excluding carboxylic acids is 2. The Morgan fingerprint density at radius 1 is 1.00 bits per heavy atom. The van der Waals surface area contributed by atoms with Crippen molar-refractivity contribution in [2.45, 2.75) is 25.9 Å². The molecule has 2 amide bonds. The van der Waals surface area contributed by atoms with Gasteiger partial charge in [-0.25, -0.2) is 4.79 Å². The molecule has 0 unspecified atom stereocenters. The third kappa shape index (κ3) is 5.90. The maximum absolute atomic E-state index is 13.2. The summed E-state index contributed by atoms with van der Waals surface area (Å²) in [6.07, 6.45) is 1.31. The summed E-state index contributed by atoms with van der Waals surface area (Å²) in [5.41, 5.74) is 4.75. The van der Waals surface area contributed by atoms with Gasteiger partial charge in [0.25, 0.3) is 11.8 Å². The number of rotatable bonds is 8. The summed E-state index contributed by atoms with van der Waals surface area (Å²) in [6.45, 7) is 4.64. The molecule has 3 aromatic carbocycles. The van der Waals surface area contributed by atoms with Crippen LogP contribution in [0.4, 0.5) is 11.4 Å². The quantitative estimate of drug-likeness (QED) is 0.275. The molecule has 40 heavy (non-hydrogen) atoms. The van der Waals surface area contributed by atoms with E-state index in [1.165, 1.54) is 6.07 Å². The lowest BCUT2D eigenvalue weighted by Crippen LogP contribution is -2.40. The Morgan fingerprint density at radius 3 is 2.38 bits per heavy atom. The molecule has 9 nitrogen and oxygen atoms in total. The van der Waals surface area contributed by atoms with E-state index in [1.807, 2.05) is 30.3 Å². The molecule has 0 bridgehead atoms. The SMILES string of the molecule is Cc1cc2c(cc1C(=O)O)NC(=O)/C2=C(/Nc1ccc(C(=O)NCCN2CCC(O)CC2)cc1)c1ccccc1. The molecule has 1 fully saturated rings. The molecule has 2 aliphatic rings. The fourth-order valence-electron chi connectivity index (χ4n) is 5.11. The lowest BCUT2D eigenvalue weighted by molar-refractivity contribution is -0.110. The number of piperidine rings is 1. The summed E-state index contributed by atoms with van der Waals surface area (Å²) in [4.78, 5) is 39.7. The number of nitrogens with zero attached hydrogens (tertiary/aromatic N) is 1. The summed E-state index contributed by atoms with van der Waals surface area (Å²) in [7, 11) is 0. The van der Waals surface area contributed by atoms with Crippen molar-refractivity contribution in [3.05, 3.63) is 94.5 Å². The highest BCUT2D eigenvalue weighted by Crippen LogP contribution is 2.39. The molecule has 3 aromatic rings. The highest BCUT2D eigenvalue weighted by atomic mass is 16.4. The number of carboxylic acid groups (broad SMARTS) is 1. The first-order valence-electron chi connectivity index (χ1n) is 13.3. The van der Waals surface area contributed by atoms with Gasteiger partial charge in [0.1, 0.15) is 0 Å². The third-order valence-electron chi connectivity index (χ3n) is 7.34. The van der Waals surface area contributed by atoms with E-state index in [-0.39, 0.29) is 23.5 Å². The second kappa shape index (κ2) is 11.7. The van der Waals surface area contributed by atoms with Gasteiger partial charge in [-0.2, -0.15) is 0 Å². The number of carbonyl (C=O) groups is 3. The van der Waals surface area contributed by atoms with Crippen LogP contribution < -0.4 is 16.0 Å². The number of amides is 2. The molecule has 0 spiro atoms. The molecule has 206 valence electrons. The normalized spacial score (nSPS) is 16.7. The summed E-state index contributed by atoms with van der Waals surface area (Å²) < 4.78 is 0. The predicted octanol–water partition coefficient (Wildman–Crippen LogP) is 3.81. The summed E-state index contributed by atoms with van der Waals surface area (Å²) in [6, 6.07) is 19.7. The molecule has 9 heteroatoms. The fourth-order valence-corrected chi connectivity index (χ4v) is 5.11. The van der Waals surface area contributed by atoms with Crippen LogP contribution in [-0.4, -0.2) is 65.2 Å². The van der Waals surface area contributed by atoms with Gasteiger partial charge in [0.2, 0.25) is 0 Å². The Morgan fingerprint density at radius 2 is 1.70 bits per heavy atom. The molecule has 0 atom stereocenters. The Balaban J connectivity index is 1.36. The number of fused-ring (bicyclic) bond motifs is 1. The number of likely N-dealkylation sites (tertiary alicyclic amines) is 1. The van der Waals surface area contributed by atoms with Gasteiger partial charge in [-0.15, -0.1) is 0 Å². The topological polar surface area (TPSA) is 131 Å². The summed E-state index contributed by atoms with van der Waals surface area (Å²) in [5.74, 6) is -1.55. The van der Waals surface area contributed by atoms with Crippen LogP contribution in [0.2, 0.25) is 0 Å². The van der Waals surface area contributed by atoms with E-state index >= 15 is 0 Å². The van der Waals surface area contributed by atoms with Crippen molar-refractivity contribution in [3.8, 4) is 0 Å². The van der Waals surface area contributed by atoms with E-state index in [2.05, 4.69) is 20.9 Å². The fraction of sp³-hybridized carbons (Fsp3) is 0.258. The standard InChI is InChI=1S/C31H32N4O5/c1-19-17-25-26(18-24(19)31(39)40)34-30(38)27(25)28(20-5-3-2-4-6-20)33-22-9-7-21(8-10-22)29(37)32-13-16-35-14-11-23(36)12-15-35/h2-10,17-18,23,33,36H,11-16H2,1H3,(H,32,37)(H,34,38)(H,39,40)/b28-27+. The van der Waals surface area contributed by atoms with Gasteiger partial charge in [0.05, 0.1) is 28.6 Å². The molecular weight excluding hydrogens is 508 g/mol. The maximum Gasteiger partial charge on any atom is 0.336 e. The highest BCUT2D eigenvalue weighted by Gasteiger charge is 2.30. The average Bonchev–Trinajstić information content (AvgIpc) is 3.27. The number of aryl methyl sites for hydroxylation is 1. The molecule has 0 aromatic heterocycles. The van der Waals surface area contributed by atoms with Gasteiger partial charge in [-0.1, -0.05) is 30.3 Å². The van der Waals surface area contributed by atoms with Crippen molar-refractivity contribution in [2.75, 3.05) is 36.8 Å². The number of nitrogens with one attached hydrogen (secondary N) is 3. The molecule has 0 radical (unpaired) electrons. The van der Waals surface area contributed by atoms with Crippen molar-refractivity contribution in [1.29, 1.82) is 0 Å². The first-order chi connectivity index (χ1) is 19.3. The Labute approximate surface area is 232 Å². The van der Waals surface area contributed by atoms with Gasteiger partial charge in [-0.3, -0.25) is 9.59 Å². The Hall–Kier alpha value is -4.47. The van der Waals surface area contributed by atoms with Gasteiger partial charge in [-0.05, 0) is 67.3 Å². The minimum absolute atomic E-state index is 0.137. The third-order valence-corrected chi connectivity index (χ3v) is 7.34. The number of hydrogen-bond acceptors (Lipinski definition) is 6. The van der Waals surface area contributed by atoms with E-state index in [1.54, 1.807) is 37.3 Å². The molecule has 1 saturated heterocycles. The van der Waals surface area contributed by atoms with E-state index in [9.17, 15) is 24.6 Å². The van der Waals surface area contributed by atoms with Crippen molar-refractivity contribution >= 4 is 40.4 Å². The molecule has 2 heterocycles.